The molecule has 4 heteroatoms. The Kier molecular flexibility index (Phi) is 3.09. The summed E-state index contributed by atoms with van der Waals surface area (Å²) in [4.78, 5) is 14.1. The van der Waals surface area contributed by atoms with E-state index in [0.717, 1.165) is 0 Å². The zero-order chi connectivity index (χ0) is 9.68. The van der Waals surface area contributed by atoms with Crippen LogP contribution in [0, 0.1) is 17.2 Å². The summed E-state index contributed by atoms with van der Waals surface area (Å²) in [6, 6.07) is 5.46. The third kappa shape index (κ3) is 2.34. The molecule has 0 saturated heterocycles. The molecule has 1 atom stereocenters. The molecule has 0 radical (unpaired) electrons. The van der Waals surface area contributed by atoms with Gasteiger partial charge in [0.2, 0.25) is 5.91 Å². The van der Waals surface area contributed by atoms with Crippen molar-refractivity contribution in [3.8, 4) is 6.07 Å². The average Bonchev–Trinajstić information content (AvgIpc) is 2.59. The molecule has 0 saturated carbocycles. The van der Waals surface area contributed by atoms with E-state index in [9.17, 15) is 4.79 Å². The smallest absolute Gasteiger partial charge is 0.242 e. The van der Waals surface area contributed by atoms with Gasteiger partial charge in [0.1, 0.15) is 11.7 Å². The largest absolute Gasteiger partial charge is 0.348 e. The van der Waals surface area contributed by atoms with Crippen molar-refractivity contribution in [1.82, 2.24) is 4.98 Å². The van der Waals surface area contributed by atoms with E-state index in [-0.39, 0.29) is 5.91 Å². The number of nitrogens with one attached hydrogen (secondary N) is 2. The van der Waals surface area contributed by atoms with Crippen LogP contribution in [0.1, 0.15) is 13.3 Å². The van der Waals surface area contributed by atoms with Crippen LogP contribution in [-0.2, 0) is 4.79 Å². The number of amides is 1. The van der Waals surface area contributed by atoms with E-state index in [1.807, 2.05) is 13.0 Å². The summed E-state index contributed by atoms with van der Waals surface area (Å²) >= 11 is 0. The van der Waals surface area contributed by atoms with Crippen LogP contribution < -0.4 is 5.32 Å². The number of rotatable bonds is 3. The van der Waals surface area contributed by atoms with Crippen molar-refractivity contribution in [3.05, 3.63) is 18.3 Å². The van der Waals surface area contributed by atoms with Crippen LogP contribution in [0.2, 0.25) is 0 Å². The molecule has 0 fully saturated rings. The van der Waals surface area contributed by atoms with Crippen molar-refractivity contribution in [3.63, 3.8) is 0 Å². The highest BCUT2D eigenvalue weighted by Gasteiger charge is 2.15. The molecule has 0 aromatic carbocycles. The minimum absolute atomic E-state index is 0.257. The van der Waals surface area contributed by atoms with Gasteiger partial charge in [-0.2, -0.15) is 5.26 Å². The van der Waals surface area contributed by atoms with E-state index >= 15 is 0 Å². The van der Waals surface area contributed by atoms with Gasteiger partial charge in [-0.05, 0) is 18.6 Å². The van der Waals surface area contributed by atoms with Gasteiger partial charge in [0.25, 0.3) is 0 Å². The van der Waals surface area contributed by atoms with Crippen molar-refractivity contribution in [2.45, 2.75) is 13.3 Å². The Labute approximate surface area is 76.6 Å². The molecule has 1 aromatic rings. The number of aromatic amines is 1. The molecule has 0 aliphatic rings. The van der Waals surface area contributed by atoms with Crippen LogP contribution in [0.15, 0.2) is 18.3 Å². The molecule has 13 heavy (non-hydrogen) atoms. The van der Waals surface area contributed by atoms with Crippen LogP contribution in [0.25, 0.3) is 0 Å². The Morgan fingerprint density at radius 3 is 3.08 bits per heavy atom. The lowest BCUT2D eigenvalue weighted by atomic mass is 10.1. The first-order valence-electron chi connectivity index (χ1n) is 4.11. The Morgan fingerprint density at radius 2 is 2.62 bits per heavy atom. The first kappa shape index (κ1) is 9.33. The highest BCUT2D eigenvalue weighted by atomic mass is 16.1. The van der Waals surface area contributed by atoms with E-state index < -0.39 is 5.92 Å². The van der Waals surface area contributed by atoms with Gasteiger partial charge in [-0.1, -0.05) is 6.92 Å². The molecule has 1 amide bonds. The topological polar surface area (TPSA) is 68.7 Å². The maximum atomic E-state index is 11.3. The van der Waals surface area contributed by atoms with Gasteiger partial charge >= 0.3 is 0 Å². The molecule has 68 valence electrons. The summed E-state index contributed by atoms with van der Waals surface area (Å²) in [5.41, 5.74) is 0. The summed E-state index contributed by atoms with van der Waals surface area (Å²) in [7, 11) is 0. The van der Waals surface area contributed by atoms with Gasteiger partial charge in [0.15, 0.2) is 0 Å². The molecule has 0 aliphatic carbocycles. The maximum Gasteiger partial charge on any atom is 0.242 e. The van der Waals surface area contributed by atoms with Gasteiger partial charge in [0, 0.05) is 6.20 Å². The zero-order valence-corrected chi connectivity index (χ0v) is 7.37. The minimum Gasteiger partial charge on any atom is -0.348 e. The summed E-state index contributed by atoms with van der Waals surface area (Å²) < 4.78 is 0. The number of H-pyrrole nitrogens is 1. The molecule has 1 rings (SSSR count). The summed E-state index contributed by atoms with van der Waals surface area (Å²) in [5.74, 6) is -0.200. The highest BCUT2D eigenvalue weighted by Crippen LogP contribution is 2.06. The van der Waals surface area contributed by atoms with Crippen molar-refractivity contribution in [1.29, 1.82) is 5.26 Å². The molecule has 1 unspecified atom stereocenters. The summed E-state index contributed by atoms with van der Waals surface area (Å²) in [6.45, 7) is 1.81. The third-order valence-corrected chi connectivity index (χ3v) is 1.74. The van der Waals surface area contributed by atoms with Crippen LogP contribution >= 0.6 is 0 Å². The second-order valence-electron chi connectivity index (χ2n) is 2.66. The van der Waals surface area contributed by atoms with Gasteiger partial charge in [-0.25, -0.2) is 0 Å². The normalized spacial score (nSPS) is 11.7. The second kappa shape index (κ2) is 4.31. The molecule has 0 bridgehead atoms. The minimum atomic E-state index is -0.566. The van der Waals surface area contributed by atoms with Crippen molar-refractivity contribution in [2.24, 2.45) is 5.92 Å². The molecular formula is C9H11N3O. The first-order chi connectivity index (χ1) is 6.27. The fraction of sp³-hybridized carbons (Fsp3) is 0.333. The van der Waals surface area contributed by atoms with Crippen molar-refractivity contribution >= 4 is 11.7 Å². The van der Waals surface area contributed by atoms with Crippen molar-refractivity contribution < 1.29 is 4.79 Å². The lowest BCUT2D eigenvalue weighted by molar-refractivity contribution is -0.118. The Hall–Kier alpha value is -1.76. The summed E-state index contributed by atoms with van der Waals surface area (Å²) in [5, 5.41) is 11.2. The lowest BCUT2D eigenvalue weighted by Crippen LogP contribution is -2.20. The Bertz CT molecular complexity index is 310. The number of aromatic nitrogens is 1. The number of carbonyl (C=O) groups excluding carboxylic acids is 1. The standard InChI is InChI=1S/C9H11N3O/c1-2-7(6-10)9(13)12-8-4-3-5-11-8/h3-5,7,11H,2H2,1H3,(H,12,13). The third-order valence-electron chi connectivity index (χ3n) is 1.74. The van der Waals surface area contributed by atoms with E-state index in [1.54, 1.807) is 18.3 Å². The van der Waals surface area contributed by atoms with E-state index in [2.05, 4.69) is 10.3 Å². The summed E-state index contributed by atoms with van der Waals surface area (Å²) in [6.07, 6.45) is 2.24. The van der Waals surface area contributed by atoms with Crippen LogP contribution in [0.4, 0.5) is 5.82 Å². The van der Waals surface area contributed by atoms with Crippen LogP contribution in [-0.4, -0.2) is 10.9 Å². The molecule has 1 aromatic heterocycles. The fourth-order valence-electron chi connectivity index (χ4n) is 0.963. The Balaban J connectivity index is 2.56. The maximum absolute atomic E-state index is 11.3. The lowest BCUT2D eigenvalue weighted by Gasteiger charge is -2.05. The number of nitrogens with zero attached hydrogens (tertiary/aromatic N) is 1. The van der Waals surface area contributed by atoms with Gasteiger partial charge < -0.3 is 10.3 Å². The molecule has 2 N–H and O–H groups in total. The SMILES string of the molecule is CCC(C#N)C(=O)Nc1ccc[nH]1. The molecular weight excluding hydrogens is 166 g/mol. The zero-order valence-electron chi connectivity index (χ0n) is 7.37. The van der Waals surface area contributed by atoms with Gasteiger partial charge in [0.05, 0.1) is 6.07 Å². The van der Waals surface area contributed by atoms with E-state index in [1.165, 1.54) is 0 Å². The number of nitriles is 1. The predicted octanol–water partition coefficient (Wildman–Crippen LogP) is 1.50. The molecule has 0 spiro atoms. The predicted molar refractivity (Wildman–Crippen MR) is 48.8 cm³/mol. The van der Waals surface area contributed by atoms with Gasteiger partial charge in [-0.15, -0.1) is 0 Å². The highest BCUT2D eigenvalue weighted by molar-refractivity contribution is 5.93. The van der Waals surface area contributed by atoms with Crippen molar-refractivity contribution in [2.75, 3.05) is 5.32 Å². The molecule has 0 aliphatic heterocycles. The number of anilines is 1. The fourth-order valence-corrected chi connectivity index (χ4v) is 0.963. The Morgan fingerprint density at radius 1 is 1.85 bits per heavy atom. The number of carbonyl (C=O) groups is 1. The van der Waals surface area contributed by atoms with Crippen LogP contribution in [0.3, 0.4) is 0 Å². The molecule has 1 heterocycles. The van der Waals surface area contributed by atoms with E-state index in [0.29, 0.717) is 12.2 Å². The monoisotopic (exact) mass is 177 g/mol. The van der Waals surface area contributed by atoms with Crippen LogP contribution in [0.5, 0.6) is 0 Å². The first-order valence-corrected chi connectivity index (χ1v) is 4.11. The van der Waals surface area contributed by atoms with E-state index in [4.69, 9.17) is 5.26 Å². The number of hydrogen-bond donors (Lipinski definition) is 2. The van der Waals surface area contributed by atoms with Gasteiger partial charge in [-0.3, -0.25) is 4.79 Å². The molecule has 4 nitrogen and oxygen atoms in total. The quantitative estimate of drug-likeness (QED) is 0.734. The average molecular weight is 177 g/mol. The second-order valence-corrected chi connectivity index (χ2v) is 2.66. The number of hydrogen-bond acceptors (Lipinski definition) is 2.